The van der Waals surface area contributed by atoms with Crippen LogP contribution in [0.4, 0.5) is 56.9 Å². The van der Waals surface area contributed by atoms with Crippen LogP contribution >= 0.6 is 0 Å². The summed E-state index contributed by atoms with van der Waals surface area (Å²) in [6.45, 7) is 17.2. The zero-order valence-electron chi connectivity index (χ0n) is 40.5. The molecule has 4 heterocycles. The van der Waals surface area contributed by atoms with E-state index in [4.69, 9.17) is 0 Å². The highest BCUT2D eigenvalue weighted by Crippen LogP contribution is 2.63. The molecule has 0 N–H and O–H groups in total. The van der Waals surface area contributed by atoms with Crippen LogP contribution in [0.2, 0.25) is 0 Å². The molecule has 4 nitrogen and oxygen atoms in total. The lowest BCUT2D eigenvalue weighted by molar-refractivity contribution is 0.195. The molecule has 4 atom stereocenters. The molecule has 67 heavy (non-hydrogen) atoms. The summed E-state index contributed by atoms with van der Waals surface area (Å²) in [5.41, 5.74) is 21.2. The third-order valence-corrected chi connectivity index (χ3v) is 18.5. The number of hydrogen-bond acceptors (Lipinski definition) is 4. The van der Waals surface area contributed by atoms with Gasteiger partial charge >= 0.3 is 0 Å². The number of fused-ring (bicyclic) bond motifs is 10. The topological polar surface area (TPSA) is 13.0 Å². The predicted molar refractivity (Wildman–Crippen MR) is 285 cm³/mol. The summed E-state index contributed by atoms with van der Waals surface area (Å²) in [5, 5.41) is 0. The number of anilines is 10. The molecule has 0 bridgehead atoms. The number of benzene rings is 7. The molecule has 2 saturated carbocycles. The first-order chi connectivity index (χ1) is 32.4. The maximum Gasteiger partial charge on any atom is 0.252 e. The highest BCUT2D eigenvalue weighted by Gasteiger charge is 2.59. The van der Waals surface area contributed by atoms with Crippen molar-refractivity contribution in [2.45, 2.75) is 127 Å². The third kappa shape index (κ3) is 5.43. The lowest BCUT2D eigenvalue weighted by Gasteiger charge is -2.51. The molecule has 0 amide bonds. The Morgan fingerprint density at radius 2 is 0.866 bits per heavy atom. The van der Waals surface area contributed by atoms with E-state index in [0.29, 0.717) is 0 Å². The standard InChI is InChI=1S/C62H63BN4/c1-58(2,3)42-29-31-44(32-30-42)65-54-34-33-45(66-51-26-14-11-23-47(51)59(4)35-17-19-37-61(59,66)6)39-50(54)63-49-25-13-16-28-53(49)64(43-21-9-8-10-22-43)55-40-46(41-56(65)57(55)63)67-52-27-15-12-24-48(52)60(5)36-18-20-38-62(60,67)7/h8-16,21-34,39-41H,17-20,35-38H2,1-7H3. The van der Waals surface area contributed by atoms with Gasteiger partial charge in [0.1, 0.15) is 0 Å². The summed E-state index contributed by atoms with van der Waals surface area (Å²) in [6, 6.07) is 61.3. The molecule has 7 aromatic rings. The maximum atomic E-state index is 2.78. The first-order valence-electron chi connectivity index (χ1n) is 25.3. The lowest BCUT2D eigenvalue weighted by Crippen LogP contribution is -2.62. The average molecular weight is 875 g/mol. The molecule has 334 valence electrons. The van der Waals surface area contributed by atoms with Crippen molar-refractivity contribution < 1.29 is 0 Å². The van der Waals surface area contributed by atoms with E-state index in [1.165, 1.54) is 135 Å². The average Bonchev–Trinajstić information content (AvgIpc) is 3.69. The van der Waals surface area contributed by atoms with Crippen molar-refractivity contribution in [1.29, 1.82) is 0 Å². The minimum atomic E-state index is -0.0874. The zero-order chi connectivity index (χ0) is 45.7. The Labute approximate surface area is 399 Å². The fraction of sp³-hybridized carbons (Fsp3) is 0.323. The number of hydrogen-bond donors (Lipinski definition) is 0. The van der Waals surface area contributed by atoms with Gasteiger partial charge < -0.3 is 19.6 Å². The second kappa shape index (κ2) is 14.2. The van der Waals surface area contributed by atoms with Gasteiger partial charge in [-0.25, -0.2) is 0 Å². The van der Waals surface area contributed by atoms with E-state index >= 15 is 0 Å². The molecule has 0 saturated heterocycles. The quantitative estimate of drug-likeness (QED) is 0.163. The summed E-state index contributed by atoms with van der Waals surface area (Å²) < 4.78 is 0. The number of para-hydroxylation sites is 4. The summed E-state index contributed by atoms with van der Waals surface area (Å²) in [5.74, 6) is 0. The molecule has 0 aromatic heterocycles. The van der Waals surface area contributed by atoms with E-state index < -0.39 is 0 Å². The second-order valence-electron chi connectivity index (χ2n) is 22.8. The van der Waals surface area contributed by atoms with Gasteiger partial charge in [0.05, 0.1) is 11.1 Å². The monoisotopic (exact) mass is 875 g/mol. The van der Waals surface area contributed by atoms with Gasteiger partial charge in [-0.1, -0.05) is 145 Å². The molecule has 6 aliphatic rings. The van der Waals surface area contributed by atoms with E-state index in [0.717, 1.165) is 6.42 Å². The Morgan fingerprint density at radius 1 is 0.403 bits per heavy atom. The SMILES string of the molecule is CC(C)(C)c1ccc(N2c3ccc(N4c5ccccc5C5(C)CCCCC45C)cc3B3c4ccccc4N(c4ccccc4)c4cc(N5c6ccccc6C6(C)CCCCC56C)cc2c43)cc1. The number of nitrogens with zero attached hydrogens (tertiary/aromatic N) is 4. The molecule has 4 aliphatic heterocycles. The fourth-order valence-corrected chi connectivity index (χ4v) is 14.6. The van der Waals surface area contributed by atoms with Gasteiger partial charge in [-0.15, -0.1) is 0 Å². The smallest absolute Gasteiger partial charge is 0.252 e. The van der Waals surface area contributed by atoms with Crippen LogP contribution in [0, 0.1) is 0 Å². The Balaban J connectivity index is 1.11. The van der Waals surface area contributed by atoms with Crippen LogP contribution < -0.4 is 36.0 Å². The molecule has 2 fully saturated rings. The molecule has 13 rings (SSSR count). The summed E-state index contributed by atoms with van der Waals surface area (Å²) in [7, 11) is 0. The first kappa shape index (κ1) is 41.0. The van der Waals surface area contributed by atoms with Gasteiger partial charge in [-0.3, -0.25) is 0 Å². The van der Waals surface area contributed by atoms with Gasteiger partial charge in [-0.2, -0.15) is 0 Å². The predicted octanol–water partition coefficient (Wildman–Crippen LogP) is 14.6. The van der Waals surface area contributed by atoms with Crippen molar-refractivity contribution in [2.75, 3.05) is 19.6 Å². The summed E-state index contributed by atoms with van der Waals surface area (Å²) in [6.07, 6.45) is 9.77. The summed E-state index contributed by atoms with van der Waals surface area (Å²) in [4.78, 5) is 10.8. The molecule has 2 aliphatic carbocycles. The van der Waals surface area contributed by atoms with Crippen molar-refractivity contribution in [3.63, 3.8) is 0 Å². The fourth-order valence-electron chi connectivity index (χ4n) is 14.6. The van der Waals surface area contributed by atoms with Gasteiger partial charge in [0.25, 0.3) is 6.71 Å². The number of rotatable bonds is 4. The van der Waals surface area contributed by atoms with Gasteiger partial charge in [0.2, 0.25) is 0 Å². The Hall–Kier alpha value is -6.20. The van der Waals surface area contributed by atoms with Crippen LogP contribution in [0.5, 0.6) is 0 Å². The third-order valence-electron chi connectivity index (χ3n) is 18.5. The van der Waals surface area contributed by atoms with Gasteiger partial charge in [0, 0.05) is 67.7 Å². The van der Waals surface area contributed by atoms with Gasteiger partial charge in [-0.05, 0) is 151 Å². The van der Waals surface area contributed by atoms with Crippen molar-refractivity contribution in [2.24, 2.45) is 0 Å². The lowest BCUT2D eigenvalue weighted by atomic mass is 9.33. The van der Waals surface area contributed by atoms with Crippen LogP contribution in [0.25, 0.3) is 0 Å². The van der Waals surface area contributed by atoms with Crippen LogP contribution in [-0.4, -0.2) is 17.8 Å². The normalized spacial score (nSPS) is 25.4. The first-order valence-corrected chi connectivity index (χ1v) is 25.3. The Bertz CT molecular complexity index is 3130. The minimum Gasteiger partial charge on any atom is -0.334 e. The highest BCUT2D eigenvalue weighted by atomic mass is 15.3. The minimum absolute atomic E-state index is 0.0139. The maximum absolute atomic E-state index is 2.78. The molecule has 5 heteroatoms. The van der Waals surface area contributed by atoms with Gasteiger partial charge in [0.15, 0.2) is 0 Å². The van der Waals surface area contributed by atoms with Crippen LogP contribution in [0.15, 0.2) is 158 Å². The zero-order valence-corrected chi connectivity index (χ0v) is 40.5. The van der Waals surface area contributed by atoms with E-state index in [2.05, 4.69) is 226 Å². The Kier molecular flexibility index (Phi) is 8.68. The molecule has 7 aromatic carbocycles. The van der Waals surface area contributed by atoms with Crippen LogP contribution in [0.3, 0.4) is 0 Å². The molecule has 0 spiro atoms. The highest BCUT2D eigenvalue weighted by molar-refractivity contribution is 7.00. The van der Waals surface area contributed by atoms with Crippen molar-refractivity contribution in [3.05, 3.63) is 174 Å². The summed E-state index contributed by atoms with van der Waals surface area (Å²) >= 11 is 0. The molecular formula is C62H63BN4. The van der Waals surface area contributed by atoms with E-state index in [9.17, 15) is 0 Å². The van der Waals surface area contributed by atoms with Crippen molar-refractivity contribution in [1.82, 2.24) is 0 Å². The largest absolute Gasteiger partial charge is 0.334 e. The van der Waals surface area contributed by atoms with E-state index in [-0.39, 0.29) is 34.0 Å². The second-order valence-corrected chi connectivity index (χ2v) is 22.8. The Morgan fingerprint density at radius 3 is 1.45 bits per heavy atom. The molecule has 4 unspecified atom stereocenters. The molecular weight excluding hydrogens is 812 g/mol. The van der Waals surface area contributed by atoms with Crippen LogP contribution in [-0.2, 0) is 16.2 Å². The van der Waals surface area contributed by atoms with E-state index in [1.54, 1.807) is 0 Å². The van der Waals surface area contributed by atoms with Crippen molar-refractivity contribution >= 4 is 80.0 Å². The van der Waals surface area contributed by atoms with Crippen LogP contribution in [0.1, 0.15) is 117 Å². The van der Waals surface area contributed by atoms with Crippen molar-refractivity contribution in [3.8, 4) is 0 Å². The molecule has 0 radical (unpaired) electrons. The van der Waals surface area contributed by atoms with E-state index in [1.807, 2.05) is 0 Å².